The molecule has 0 spiro atoms. The third-order valence-electron chi connectivity index (χ3n) is 2.95. The molecule has 0 atom stereocenters. The Morgan fingerprint density at radius 3 is 2.27 bits per heavy atom. The molecule has 0 aromatic rings. The minimum Gasteiger partial charge on any atom is -0.315 e. The van der Waals surface area contributed by atoms with E-state index >= 15 is 0 Å². The second kappa shape index (κ2) is 3.57. The molecule has 1 aliphatic carbocycles. The van der Waals surface area contributed by atoms with Crippen LogP contribution in [0.1, 0.15) is 46.0 Å². The van der Waals surface area contributed by atoms with Crippen LogP contribution in [-0.4, -0.2) is 12.6 Å². The van der Waals surface area contributed by atoms with Gasteiger partial charge in [0, 0.05) is 5.54 Å². The van der Waals surface area contributed by atoms with Gasteiger partial charge in [-0.3, -0.25) is 0 Å². The SMILES string of the molecule is CNC(C)(C)CC1CCCC1. The van der Waals surface area contributed by atoms with Gasteiger partial charge in [0.25, 0.3) is 0 Å². The third kappa shape index (κ3) is 2.82. The van der Waals surface area contributed by atoms with E-state index in [1.54, 1.807) is 0 Å². The molecule has 1 nitrogen and oxygen atoms in total. The second-order valence-corrected chi connectivity index (χ2v) is 4.49. The van der Waals surface area contributed by atoms with Crippen molar-refractivity contribution in [3.63, 3.8) is 0 Å². The molecule has 1 N–H and O–H groups in total. The van der Waals surface area contributed by atoms with Crippen LogP contribution in [0.2, 0.25) is 0 Å². The molecule has 1 fully saturated rings. The van der Waals surface area contributed by atoms with Crippen LogP contribution in [0.4, 0.5) is 0 Å². The molecular formula is C10H21N. The zero-order valence-corrected chi connectivity index (χ0v) is 8.11. The van der Waals surface area contributed by atoms with E-state index in [9.17, 15) is 0 Å². The largest absolute Gasteiger partial charge is 0.315 e. The summed E-state index contributed by atoms with van der Waals surface area (Å²) >= 11 is 0. The highest BCUT2D eigenvalue weighted by Gasteiger charge is 2.23. The fourth-order valence-electron chi connectivity index (χ4n) is 2.04. The van der Waals surface area contributed by atoms with Crippen molar-refractivity contribution in [1.29, 1.82) is 0 Å². The lowest BCUT2D eigenvalue weighted by Gasteiger charge is -2.27. The maximum Gasteiger partial charge on any atom is 0.0124 e. The first-order valence-corrected chi connectivity index (χ1v) is 4.83. The van der Waals surface area contributed by atoms with Crippen LogP contribution in [-0.2, 0) is 0 Å². The van der Waals surface area contributed by atoms with Crippen molar-refractivity contribution in [3.05, 3.63) is 0 Å². The van der Waals surface area contributed by atoms with Gasteiger partial charge in [0.2, 0.25) is 0 Å². The summed E-state index contributed by atoms with van der Waals surface area (Å²) in [5.41, 5.74) is 0.356. The maximum atomic E-state index is 3.37. The molecule has 1 aliphatic rings. The van der Waals surface area contributed by atoms with Gasteiger partial charge in [-0.2, -0.15) is 0 Å². The summed E-state index contributed by atoms with van der Waals surface area (Å²) in [5.74, 6) is 0.998. The van der Waals surface area contributed by atoms with E-state index in [-0.39, 0.29) is 0 Å². The Balaban J connectivity index is 2.28. The molecule has 1 rings (SSSR count). The number of nitrogens with one attached hydrogen (secondary N) is 1. The number of rotatable bonds is 3. The minimum atomic E-state index is 0.356. The normalized spacial score (nSPS) is 21.0. The van der Waals surface area contributed by atoms with E-state index in [1.165, 1.54) is 32.1 Å². The van der Waals surface area contributed by atoms with Crippen molar-refractivity contribution >= 4 is 0 Å². The minimum absolute atomic E-state index is 0.356. The van der Waals surface area contributed by atoms with E-state index in [0.717, 1.165) is 5.92 Å². The topological polar surface area (TPSA) is 12.0 Å². The first kappa shape index (κ1) is 9.05. The van der Waals surface area contributed by atoms with E-state index in [4.69, 9.17) is 0 Å². The summed E-state index contributed by atoms with van der Waals surface area (Å²) in [6.45, 7) is 4.59. The lowest BCUT2D eigenvalue weighted by atomic mass is 9.90. The van der Waals surface area contributed by atoms with E-state index in [2.05, 4.69) is 26.2 Å². The molecule has 0 saturated heterocycles. The van der Waals surface area contributed by atoms with Crippen molar-refractivity contribution in [2.24, 2.45) is 5.92 Å². The Bertz CT molecular complexity index is 112. The molecule has 0 unspecified atom stereocenters. The number of hydrogen-bond donors (Lipinski definition) is 1. The summed E-state index contributed by atoms with van der Waals surface area (Å²) in [4.78, 5) is 0. The smallest absolute Gasteiger partial charge is 0.0124 e. The van der Waals surface area contributed by atoms with Crippen LogP contribution in [0.15, 0.2) is 0 Å². The zero-order chi connectivity index (χ0) is 8.32. The Morgan fingerprint density at radius 2 is 1.82 bits per heavy atom. The van der Waals surface area contributed by atoms with Crippen LogP contribution in [0.25, 0.3) is 0 Å². The van der Waals surface area contributed by atoms with Crippen molar-refractivity contribution in [2.75, 3.05) is 7.05 Å². The fourth-order valence-corrected chi connectivity index (χ4v) is 2.04. The van der Waals surface area contributed by atoms with Crippen molar-refractivity contribution in [3.8, 4) is 0 Å². The van der Waals surface area contributed by atoms with Crippen molar-refractivity contribution < 1.29 is 0 Å². The van der Waals surface area contributed by atoms with Gasteiger partial charge >= 0.3 is 0 Å². The highest BCUT2D eigenvalue weighted by atomic mass is 14.9. The summed E-state index contributed by atoms with van der Waals surface area (Å²) in [7, 11) is 2.06. The zero-order valence-electron chi connectivity index (χ0n) is 8.11. The molecular weight excluding hydrogens is 134 g/mol. The third-order valence-corrected chi connectivity index (χ3v) is 2.95. The first-order valence-electron chi connectivity index (χ1n) is 4.83. The van der Waals surface area contributed by atoms with Gasteiger partial charge in [0.05, 0.1) is 0 Å². The molecule has 0 heterocycles. The lowest BCUT2D eigenvalue weighted by Crippen LogP contribution is -2.37. The molecule has 66 valence electrons. The monoisotopic (exact) mass is 155 g/mol. The fraction of sp³-hybridized carbons (Fsp3) is 1.00. The molecule has 0 bridgehead atoms. The average molecular weight is 155 g/mol. The summed E-state index contributed by atoms with van der Waals surface area (Å²) in [5, 5.41) is 3.37. The van der Waals surface area contributed by atoms with Crippen molar-refractivity contribution in [1.82, 2.24) is 5.32 Å². The van der Waals surface area contributed by atoms with Gasteiger partial charge in [0.1, 0.15) is 0 Å². The Labute approximate surface area is 70.6 Å². The van der Waals surface area contributed by atoms with E-state index in [0.29, 0.717) is 5.54 Å². The second-order valence-electron chi connectivity index (χ2n) is 4.49. The predicted molar refractivity (Wildman–Crippen MR) is 49.7 cm³/mol. The molecule has 0 radical (unpaired) electrons. The van der Waals surface area contributed by atoms with E-state index in [1.807, 2.05) is 0 Å². The van der Waals surface area contributed by atoms with Gasteiger partial charge < -0.3 is 5.32 Å². The molecule has 0 aromatic carbocycles. The van der Waals surface area contributed by atoms with Gasteiger partial charge in [-0.25, -0.2) is 0 Å². The highest BCUT2D eigenvalue weighted by molar-refractivity contribution is 4.81. The summed E-state index contributed by atoms with van der Waals surface area (Å²) in [6, 6.07) is 0. The summed E-state index contributed by atoms with van der Waals surface area (Å²) in [6.07, 6.45) is 7.20. The highest BCUT2D eigenvalue weighted by Crippen LogP contribution is 2.31. The number of hydrogen-bond acceptors (Lipinski definition) is 1. The molecule has 11 heavy (non-hydrogen) atoms. The van der Waals surface area contributed by atoms with Gasteiger partial charge in [-0.1, -0.05) is 25.7 Å². The first-order chi connectivity index (χ1) is 5.14. The van der Waals surface area contributed by atoms with Crippen LogP contribution < -0.4 is 5.32 Å². The summed E-state index contributed by atoms with van der Waals surface area (Å²) < 4.78 is 0. The maximum absolute atomic E-state index is 3.37. The Hall–Kier alpha value is -0.0400. The van der Waals surface area contributed by atoms with Crippen LogP contribution >= 0.6 is 0 Å². The molecule has 1 saturated carbocycles. The average Bonchev–Trinajstić information content (AvgIpc) is 2.39. The lowest BCUT2D eigenvalue weighted by molar-refractivity contribution is 0.317. The van der Waals surface area contributed by atoms with Gasteiger partial charge in [-0.05, 0) is 33.2 Å². The van der Waals surface area contributed by atoms with Crippen LogP contribution in [0.5, 0.6) is 0 Å². The van der Waals surface area contributed by atoms with E-state index < -0.39 is 0 Å². The van der Waals surface area contributed by atoms with Gasteiger partial charge in [0.15, 0.2) is 0 Å². The van der Waals surface area contributed by atoms with Gasteiger partial charge in [-0.15, -0.1) is 0 Å². The Kier molecular flexibility index (Phi) is 2.94. The molecule has 1 heteroatoms. The quantitative estimate of drug-likeness (QED) is 0.660. The molecule has 0 amide bonds. The van der Waals surface area contributed by atoms with Crippen LogP contribution in [0, 0.1) is 5.92 Å². The van der Waals surface area contributed by atoms with Crippen LogP contribution in [0.3, 0.4) is 0 Å². The van der Waals surface area contributed by atoms with Crippen molar-refractivity contribution in [2.45, 2.75) is 51.5 Å². The predicted octanol–water partition coefficient (Wildman–Crippen LogP) is 2.56. The molecule has 0 aliphatic heterocycles. The molecule has 0 aromatic heterocycles. The Morgan fingerprint density at radius 1 is 1.27 bits per heavy atom. The standard InChI is InChI=1S/C10H21N/c1-10(2,11-3)8-9-6-4-5-7-9/h9,11H,4-8H2,1-3H3.